The Hall–Kier alpha value is -0.900. The van der Waals surface area contributed by atoms with Crippen LogP contribution < -0.4 is 10.6 Å². The Kier molecular flexibility index (Phi) is 3.36. The molecule has 82 valence electrons. The molecule has 0 unspecified atom stereocenters. The molecule has 0 atom stereocenters. The lowest BCUT2D eigenvalue weighted by Gasteiger charge is -2.22. The minimum atomic E-state index is 0.750. The summed E-state index contributed by atoms with van der Waals surface area (Å²) in [6, 6.07) is 2.00. The van der Waals surface area contributed by atoms with Crippen LogP contribution in [0.3, 0.4) is 0 Å². The van der Waals surface area contributed by atoms with Crippen molar-refractivity contribution in [1.82, 2.24) is 4.98 Å². The van der Waals surface area contributed by atoms with Gasteiger partial charge in [0.15, 0.2) is 0 Å². The van der Waals surface area contributed by atoms with E-state index in [1.165, 1.54) is 23.5 Å². The normalized spacial score (nSPS) is 17.5. The Morgan fingerprint density at radius 2 is 2.27 bits per heavy atom. The van der Waals surface area contributed by atoms with Crippen molar-refractivity contribution in [1.29, 1.82) is 0 Å². The Morgan fingerprint density at radius 1 is 1.40 bits per heavy atom. The number of hydrogen-bond acceptors (Lipinski definition) is 4. The third-order valence-corrected chi connectivity index (χ3v) is 3.64. The van der Waals surface area contributed by atoms with Gasteiger partial charge in [0.1, 0.15) is 5.82 Å². The molecule has 2 N–H and O–H groups in total. The molecule has 1 fully saturated rings. The zero-order valence-corrected chi connectivity index (χ0v) is 9.89. The maximum Gasteiger partial charge on any atom is 0.131 e. The molecule has 1 aromatic rings. The van der Waals surface area contributed by atoms with Crippen LogP contribution in [0.2, 0.25) is 0 Å². The van der Waals surface area contributed by atoms with E-state index >= 15 is 0 Å². The van der Waals surface area contributed by atoms with E-state index < -0.39 is 0 Å². The first-order valence-electron chi connectivity index (χ1n) is 5.32. The molecule has 0 amide bonds. The monoisotopic (exact) mass is 223 g/mol. The van der Waals surface area contributed by atoms with Crippen LogP contribution >= 0.6 is 11.8 Å². The van der Waals surface area contributed by atoms with Crippen molar-refractivity contribution in [3.8, 4) is 0 Å². The lowest BCUT2D eigenvalue weighted by atomic mass is 10.2. The van der Waals surface area contributed by atoms with Crippen molar-refractivity contribution < 1.29 is 0 Å². The van der Waals surface area contributed by atoms with Crippen molar-refractivity contribution in [3.05, 3.63) is 17.8 Å². The van der Waals surface area contributed by atoms with Crippen LogP contribution in [0.1, 0.15) is 12.0 Å². The molecule has 1 saturated heterocycles. The van der Waals surface area contributed by atoms with E-state index in [0.717, 1.165) is 24.6 Å². The van der Waals surface area contributed by atoms with E-state index in [0.29, 0.717) is 0 Å². The van der Waals surface area contributed by atoms with Crippen LogP contribution in [0.4, 0.5) is 11.5 Å². The fourth-order valence-electron chi connectivity index (χ4n) is 1.88. The minimum Gasteiger partial charge on any atom is -0.397 e. The predicted octanol–water partition coefficient (Wildman–Crippen LogP) is 1.92. The largest absolute Gasteiger partial charge is 0.397 e. The smallest absolute Gasteiger partial charge is 0.131 e. The van der Waals surface area contributed by atoms with Gasteiger partial charge in [-0.05, 0) is 30.7 Å². The van der Waals surface area contributed by atoms with Crippen molar-refractivity contribution in [2.24, 2.45) is 0 Å². The van der Waals surface area contributed by atoms with Gasteiger partial charge in [-0.25, -0.2) is 4.98 Å². The maximum absolute atomic E-state index is 5.70. The molecule has 3 nitrogen and oxygen atoms in total. The number of nitrogens with zero attached hydrogens (tertiary/aromatic N) is 2. The van der Waals surface area contributed by atoms with Crippen molar-refractivity contribution in [2.45, 2.75) is 13.3 Å². The first-order chi connectivity index (χ1) is 7.27. The van der Waals surface area contributed by atoms with Gasteiger partial charge < -0.3 is 10.6 Å². The number of thioether (sulfide) groups is 1. The average molecular weight is 223 g/mol. The Bertz CT molecular complexity index is 333. The van der Waals surface area contributed by atoms with E-state index in [1.807, 2.05) is 17.8 Å². The van der Waals surface area contributed by atoms with Crippen molar-refractivity contribution >= 4 is 23.3 Å². The third kappa shape index (κ3) is 2.56. The van der Waals surface area contributed by atoms with Gasteiger partial charge in [-0.15, -0.1) is 0 Å². The summed E-state index contributed by atoms with van der Waals surface area (Å²) in [4.78, 5) is 6.80. The van der Waals surface area contributed by atoms with Gasteiger partial charge in [0, 0.05) is 18.8 Å². The summed E-state index contributed by atoms with van der Waals surface area (Å²) >= 11 is 2.03. The first kappa shape index (κ1) is 10.6. The number of aryl methyl sites for hydroxylation is 1. The Labute approximate surface area is 95.1 Å². The van der Waals surface area contributed by atoms with Crippen molar-refractivity contribution in [2.75, 3.05) is 35.2 Å². The number of aromatic nitrogens is 1. The highest BCUT2D eigenvalue weighted by Gasteiger charge is 2.13. The molecule has 15 heavy (non-hydrogen) atoms. The summed E-state index contributed by atoms with van der Waals surface area (Å²) in [7, 11) is 0. The maximum atomic E-state index is 5.70. The second kappa shape index (κ2) is 4.75. The van der Waals surface area contributed by atoms with Crippen molar-refractivity contribution in [3.63, 3.8) is 0 Å². The Morgan fingerprint density at radius 3 is 3.07 bits per heavy atom. The molecular weight excluding hydrogens is 206 g/mol. The fraction of sp³-hybridized carbons (Fsp3) is 0.545. The predicted molar refractivity (Wildman–Crippen MR) is 67.5 cm³/mol. The van der Waals surface area contributed by atoms with Crippen LogP contribution in [0.15, 0.2) is 12.3 Å². The number of pyridine rings is 1. The second-order valence-electron chi connectivity index (χ2n) is 3.86. The summed E-state index contributed by atoms with van der Waals surface area (Å²) in [6.45, 7) is 4.30. The molecule has 4 heteroatoms. The summed E-state index contributed by atoms with van der Waals surface area (Å²) in [5, 5.41) is 0. The van der Waals surface area contributed by atoms with Gasteiger partial charge in [0.2, 0.25) is 0 Å². The molecular formula is C11H17N3S. The molecule has 1 aromatic heterocycles. The number of hydrogen-bond donors (Lipinski definition) is 1. The minimum absolute atomic E-state index is 0.750. The molecule has 0 bridgehead atoms. The summed E-state index contributed by atoms with van der Waals surface area (Å²) < 4.78 is 0. The van der Waals surface area contributed by atoms with Crippen LogP contribution in [0, 0.1) is 6.92 Å². The molecule has 2 heterocycles. The zero-order valence-electron chi connectivity index (χ0n) is 9.07. The highest BCUT2D eigenvalue weighted by atomic mass is 32.2. The molecule has 0 aromatic carbocycles. The van der Waals surface area contributed by atoms with Gasteiger partial charge in [-0.3, -0.25) is 0 Å². The van der Waals surface area contributed by atoms with Crippen LogP contribution in [0.25, 0.3) is 0 Å². The Balaban J connectivity index is 2.19. The van der Waals surface area contributed by atoms with Gasteiger partial charge in [0.25, 0.3) is 0 Å². The topological polar surface area (TPSA) is 42.1 Å². The lowest BCUT2D eigenvalue weighted by Crippen LogP contribution is -2.27. The summed E-state index contributed by atoms with van der Waals surface area (Å²) in [5.74, 6) is 3.57. The lowest BCUT2D eigenvalue weighted by molar-refractivity contribution is 0.798. The summed E-state index contributed by atoms with van der Waals surface area (Å²) in [6.07, 6.45) is 3.00. The number of nitrogens with two attached hydrogens (primary N) is 1. The van der Waals surface area contributed by atoms with E-state index in [2.05, 4.69) is 16.8 Å². The van der Waals surface area contributed by atoms with E-state index in [-0.39, 0.29) is 0 Å². The number of nitrogen functional groups attached to an aromatic ring is 1. The second-order valence-corrected chi connectivity index (χ2v) is 5.09. The fourth-order valence-corrected chi connectivity index (χ4v) is 2.77. The molecule has 0 radical (unpaired) electrons. The molecule has 2 rings (SSSR count). The van der Waals surface area contributed by atoms with E-state index in [9.17, 15) is 0 Å². The highest BCUT2D eigenvalue weighted by molar-refractivity contribution is 7.99. The standard InChI is InChI=1S/C11H17N3S/c1-9-7-10(12)8-13-11(9)14-3-2-5-15-6-4-14/h7-8H,2-6,12H2,1H3. The van der Waals surface area contributed by atoms with Crippen LogP contribution in [-0.2, 0) is 0 Å². The van der Waals surface area contributed by atoms with Gasteiger partial charge in [0.05, 0.1) is 11.9 Å². The van der Waals surface area contributed by atoms with Gasteiger partial charge in [-0.2, -0.15) is 11.8 Å². The molecule has 1 aliphatic rings. The van der Waals surface area contributed by atoms with E-state index in [4.69, 9.17) is 5.73 Å². The number of rotatable bonds is 1. The first-order valence-corrected chi connectivity index (χ1v) is 6.47. The summed E-state index contributed by atoms with van der Waals surface area (Å²) in [5.41, 5.74) is 7.64. The molecule has 0 spiro atoms. The quantitative estimate of drug-likeness (QED) is 0.790. The van der Waals surface area contributed by atoms with Gasteiger partial charge in [-0.1, -0.05) is 0 Å². The van der Waals surface area contributed by atoms with Crippen LogP contribution in [-0.4, -0.2) is 29.6 Å². The van der Waals surface area contributed by atoms with Gasteiger partial charge >= 0.3 is 0 Å². The highest BCUT2D eigenvalue weighted by Crippen LogP contribution is 2.21. The van der Waals surface area contributed by atoms with Crippen LogP contribution in [0.5, 0.6) is 0 Å². The zero-order chi connectivity index (χ0) is 10.7. The molecule has 1 aliphatic heterocycles. The number of anilines is 2. The molecule has 0 aliphatic carbocycles. The molecule has 0 saturated carbocycles. The average Bonchev–Trinajstić information content (AvgIpc) is 2.46. The third-order valence-electron chi connectivity index (χ3n) is 2.59. The SMILES string of the molecule is Cc1cc(N)cnc1N1CCCSCC1. The van der Waals surface area contributed by atoms with E-state index in [1.54, 1.807) is 6.20 Å².